The summed E-state index contributed by atoms with van der Waals surface area (Å²) in [5, 5.41) is 3.60. The highest BCUT2D eigenvalue weighted by atomic mass is 79.9. The van der Waals surface area contributed by atoms with Gasteiger partial charge < -0.3 is 11.1 Å². The molecule has 2 aromatic rings. The van der Waals surface area contributed by atoms with Gasteiger partial charge in [0.15, 0.2) is 0 Å². The molecular formula is C15H14BrClN2O. The Hall–Kier alpha value is -1.52. The first-order chi connectivity index (χ1) is 9.47. The van der Waals surface area contributed by atoms with Crippen molar-refractivity contribution in [2.24, 2.45) is 0 Å². The van der Waals surface area contributed by atoms with Gasteiger partial charge in [0.1, 0.15) is 0 Å². The van der Waals surface area contributed by atoms with Crippen LogP contribution in [-0.4, -0.2) is 5.91 Å². The van der Waals surface area contributed by atoms with Crippen molar-refractivity contribution in [2.75, 3.05) is 5.73 Å². The van der Waals surface area contributed by atoms with Gasteiger partial charge in [-0.2, -0.15) is 0 Å². The smallest absolute Gasteiger partial charge is 0.251 e. The Morgan fingerprint density at radius 1 is 1.25 bits per heavy atom. The van der Waals surface area contributed by atoms with Crippen molar-refractivity contribution in [2.45, 2.75) is 13.0 Å². The number of hydrogen-bond acceptors (Lipinski definition) is 2. The Kier molecular flexibility index (Phi) is 4.68. The van der Waals surface area contributed by atoms with E-state index >= 15 is 0 Å². The van der Waals surface area contributed by atoms with Crippen LogP contribution in [-0.2, 0) is 0 Å². The van der Waals surface area contributed by atoms with E-state index in [0.29, 0.717) is 16.3 Å². The predicted octanol–water partition coefficient (Wildman–Crippen LogP) is 4.18. The maximum Gasteiger partial charge on any atom is 0.251 e. The van der Waals surface area contributed by atoms with Gasteiger partial charge in [-0.05, 0) is 58.7 Å². The zero-order valence-corrected chi connectivity index (χ0v) is 13.2. The van der Waals surface area contributed by atoms with Crippen molar-refractivity contribution >= 4 is 39.1 Å². The molecule has 1 atom stereocenters. The van der Waals surface area contributed by atoms with E-state index in [1.807, 2.05) is 19.1 Å². The number of hydrogen-bond donors (Lipinski definition) is 2. The summed E-state index contributed by atoms with van der Waals surface area (Å²) in [6, 6.07) is 12.4. The van der Waals surface area contributed by atoms with E-state index in [-0.39, 0.29) is 11.9 Å². The Morgan fingerprint density at radius 3 is 2.50 bits per heavy atom. The molecule has 0 aliphatic rings. The van der Waals surface area contributed by atoms with Crippen LogP contribution in [0.3, 0.4) is 0 Å². The van der Waals surface area contributed by atoms with Crippen LogP contribution in [0.25, 0.3) is 0 Å². The van der Waals surface area contributed by atoms with E-state index in [4.69, 9.17) is 17.3 Å². The molecule has 0 saturated heterocycles. The van der Waals surface area contributed by atoms with E-state index in [1.165, 1.54) is 0 Å². The molecule has 0 bridgehead atoms. The number of amides is 1. The average Bonchev–Trinajstić information content (AvgIpc) is 2.42. The van der Waals surface area contributed by atoms with Gasteiger partial charge in [-0.15, -0.1) is 0 Å². The normalized spacial score (nSPS) is 11.9. The second-order valence-electron chi connectivity index (χ2n) is 4.48. The van der Waals surface area contributed by atoms with Crippen molar-refractivity contribution in [1.82, 2.24) is 5.32 Å². The van der Waals surface area contributed by atoms with Crippen LogP contribution in [0, 0.1) is 0 Å². The Morgan fingerprint density at radius 2 is 1.90 bits per heavy atom. The lowest BCUT2D eigenvalue weighted by Gasteiger charge is -2.15. The molecule has 3 N–H and O–H groups in total. The molecule has 0 fully saturated rings. The van der Waals surface area contributed by atoms with Gasteiger partial charge >= 0.3 is 0 Å². The molecule has 0 aromatic heterocycles. The lowest BCUT2D eigenvalue weighted by molar-refractivity contribution is 0.0940. The highest BCUT2D eigenvalue weighted by Crippen LogP contribution is 2.21. The summed E-state index contributed by atoms with van der Waals surface area (Å²) in [4.78, 5) is 12.2. The van der Waals surface area contributed by atoms with E-state index in [0.717, 1.165) is 10.0 Å². The molecule has 3 nitrogen and oxygen atoms in total. The number of nitrogens with one attached hydrogen (secondary N) is 1. The van der Waals surface area contributed by atoms with Crippen LogP contribution < -0.4 is 11.1 Å². The Balaban J connectivity index is 2.10. The number of rotatable bonds is 3. The van der Waals surface area contributed by atoms with E-state index in [1.54, 1.807) is 30.3 Å². The van der Waals surface area contributed by atoms with Gasteiger partial charge in [0, 0.05) is 20.7 Å². The summed E-state index contributed by atoms with van der Waals surface area (Å²) in [6.45, 7) is 1.92. The van der Waals surface area contributed by atoms with Gasteiger partial charge in [-0.3, -0.25) is 4.79 Å². The molecule has 0 heterocycles. The summed E-state index contributed by atoms with van der Waals surface area (Å²) < 4.78 is 0.778. The highest BCUT2D eigenvalue weighted by Gasteiger charge is 2.12. The topological polar surface area (TPSA) is 55.1 Å². The summed E-state index contributed by atoms with van der Waals surface area (Å²) in [6.07, 6.45) is 0. The van der Waals surface area contributed by atoms with E-state index < -0.39 is 0 Å². The Bertz CT molecular complexity index is 628. The molecule has 5 heteroatoms. The molecule has 0 unspecified atom stereocenters. The monoisotopic (exact) mass is 352 g/mol. The Labute approximate surface area is 131 Å². The van der Waals surface area contributed by atoms with Crippen LogP contribution >= 0.6 is 27.5 Å². The minimum atomic E-state index is -0.161. The number of halogens is 2. The number of benzene rings is 2. The first-order valence-electron chi connectivity index (χ1n) is 6.08. The highest BCUT2D eigenvalue weighted by molar-refractivity contribution is 9.10. The third-order valence-corrected chi connectivity index (χ3v) is 3.95. The summed E-state index contributed by atoms with van der Waals surface area (Å²) in [5.74, 6) is -0.161. The summed E-state index contributed by atoms with van der Waals surface area (Å²) >= 11 is 9.15. The van der Waals surface area contributed by atoms with Crippen molar-refractivity contribution in [3.63, 3.8) is 0 Å². The third kappa shape index (κ3) is 3.52. The second kappa shape index (κ2) is 6.29. The van der Waals surface area contributed by atoms with Crippen molar-refractivity contribution in [3.05, 3.63) is 63.1 Å². The van der Waals surface area contributed by atoms with Gasteiger partial charge in [-0.25, -0.2) is 0 Å². The standard InChI is InChI=1S/C15H14BrClN2O/c1-9(10-2-5-12(17)6-3-10)19-15(20)11-4-7-13(16)14(18)8-11/h2-9H,18H2,1H3,(H,19,20)/t9-/m0/s1. The molecule has 0 aliphatic carbocycles. The largest absolute Gasteiger partial charge is 0.398 e. The van der Waals surface area contributed by atoms with E-state index in [2.05, 4.69) is 21.2 Å². The van der Waals surface area contributed by atoms with Crippen LogP contribution in [0.5, 0.6) is 0 Å². The molecular weight excluding hydrogens is 340 g/mol. The zero-order chi connectivity index (χ0) is 14.7. The van der Waals surface area contributed by atoms with Crippen LogP contribution in [0.2, 0.25) is 5.02 Å². The van der Waals surface area contributed by atoms with Crippen molar-refractivity contribution < 1.29 is 4.79 Å². The fourth-order valence-electron chi connectivity index (χ4n) is 1.80. The van der Waals surface area contributed by atoms with Gasteiger partial charge in [-0.1, -0.05) is 23.7 Å². The summed E-state index contributed by atoms with van der Waals surface area (Å²) in [5.41, 5.74) is 7.84. The summed E-state index contributed by atoms with van der Waals surface area (Å²) in [7, 11) is 0. The molecule has 0 spiro atoms. The number of nitrogen functional groups attached to an aromatic ring is 1. The number of carbonyl (C=O) groups is 1. The SMILES string of the molecule is C[C@H](NC(=O)c1ccc(Br)c(N)c1)c1ccc(Cl)cc1. The van der Waals surface area contributed by atoms with Gasteiger partial charge in [0.05, 0.1) is 6.04 Å². The maximum absolute atomic E-state index is 12.2. The molecule has 2 rings (SSSR count). The number of nitrogens with two attached hydrogens (primary N) is 1. The van der Waals surface area contributed by atoms with Crippen molar-refractivity contribution in [3.8, 4) is 0 Å². The fraction of sp³-hybridized carbons (Fsp3) is 0.133. The minimum absolute atomic E-state index is 0.107. The quantitative estimate of drug-likeness (QED) is 0.813. The fourth-order valence-corrected chi connectivity index (χ4v) is 2.17. The lowest BCUT2D eigenvalue weighted by atomic mass is 10.1. The average molecular weight is 354 g/mol. The second-order valence-corrected chi connectivity index (χ2v) is 5.77. The van der Waals surface area contributed by atoms with E-state index in [9.17, 15) is 4.79 Å². The van der Waals surface area contributed by atoms with Gasteiger partial charge in [0.25, 0.3) is 5.91 Å². The van der Waals surface area contributed by atoms with Crippen LogP contribution in [0.15, 0.2) is 46.9 Å². The number of carbonyl (C=O) groups excluding carboxylic acids is 1. The molecule has 0 aliphatic heterocycles. The molecule has 0 radical (unpaired) electrons. The van der Waals surface area contributed by atoms with Crippen LogP contribution in [0.1, 0.15) is 28.9 Å². The number of anilines is 1. The molecule has 0 saturated carbocycles. The maximum atomic E-state index is 12.2. The molecule has 104 valence electrons. The lowest BCUT2D eigenvalue weighted by Crippen LogP contribution is -2.26. The zero-order valence-electron chi connectivity index (χ0n) is 10.9. The first-order valence-corrected chi connectivity index (χ1v) is 7.26. The van der Waals surface area contributed by atoms with Crippen molar-refractivity contribution in [1.29, 1.82) is 0 Å². The van der Waals surface area contributed by atoms with Crippen LogP contribution in [0.4, 0.5) is 5.69 Å². The van der Waals surface area contributed by atoms with Gasteiger partial charge in [0.2, 0.25) is 0 Å². The third-order valence-electron chi connectivity index (χ3n) is 2.98. The molecule has 1 amide bonds. The minimum Gasteiger partial charge on any atom is -0.398 e. The first kappa shape index (κ1) is 14.9. The molecule has 2 aromatic carbocycles. The molecule has 20 heavy (non-hydrogen) atoms. The predicted molar refractivity (Wildman–Crippen MR) is 85.9 cm³/mol.